The minimum Gasteiger partial charge on any atom is -0.366 e. The van der Waals surface area contributed by atoms with Crippen molar-refractivity contribution in [1.29, 1.82) is 0 Å². The van der Waals surface area contributed by atoms with Crippen molar-refractivity contribution >= 4 is 22.7 Å². The molecule has 0 radical (unpaired) electrons. The Kier molecular flexibility index (Phi) is 3.38. The smallest absolute Gasteiger partial charge is 0.269 e. The number of nitro groups is 1. The molecular formula is C14H11N5O2. The van der Waals surface area contributed by atoms with Gasteiger partial charge in [0.05, 0.1) is 4.92 Å². The summed E-state index contributed by atoms with van der Waals surface area (Å²) in [6.45, 7) is 0.445. The molecule has 104 valence electrons. The molecule has 3 rings (SSSR count). The van der Waals surface area contributed by atoms with Gasteiger partial charge in [-0.05, 0) is 17.7 Å². The highest BCUT2D eigenvalue weighted by molar-refractivity contribution is 5.71. The van der Waals surface area contributed by atoms with Crippen molar-refractivity contribution in [2.24, 2.45) is 0 Å². The van der Waals surface area contributed by atoms with Crippen LogP contribution in [-0.4, -0.2) is 19.9 Å². The first-order chi connectivity index (χ1) is 10.2. The van der Waals surface area contributed by atoms with Crippen LogP contribution in [0.5, 0.6) is 0 Å². The van der Waals surface area contributed by atoms with Gasteiger partial charge < -0.3 is 5.32 Å². The van der Waals surface area contributed by atoms with Crippen LogP contribution in [0.1, 0.15) is 5.56 Å². The monoisotopic (exact) mass is 281 g/mol. The van der Waals surface area contributed by atoms with Crippen LogP contribution < -0.4 is 5.32 Å². The number of nitro benzene ring substituents is 1. The summed E-state index contributed by atoms with van der Waals surface area (Å²) in [5, 5.41) is 13.8. The van der Waals surface area contributed by atoms with Gasteiger partial charge in [-0.25, -0.2) is 9.97 Å². The van der Waals surface area contributed by atoms with Crippen LogP contribution in [0.25, 0.3) is 11.2 Å². The highest BCUT2D eigenvalue weighted by Crippen LogP contribution is 2.15. The maximum absolute atomic E-state index is 10.7. The molecule has 7 heteroatoms. The Balaban J connectivity index is 1.77. The summed E-state index contributed by atoms with van der Waals surface area (Å²) in [5.41, 5.74) is 2.16. The first-order valence-corrected chi connectivity index (χ1v) is 6.27. The maximum Gasteiger partial charge on any atom is 0.269 e. The molecule has 7 nitrogen and oxygen atoms in total. The van der Waals surface area contributed by atoms with Crippen LogP contribution in [0.15, 0.2) is 48.8 Å². The highest BCUT2D eigenvalue weighted by Gasteiger charge is 2.06. The largest absolute Gasteiger partial charge is 0.366 e. The Morgan fingerprint density at radius 1 is 1.14 bits per heavy atom. The van der Waals surface area contributed by atoms with Crippen LogP contribution in [0.4, 0.5) is 11.5 Å². The predicted molar refractivity (Wildman–Crippen MR) is 77.8 cm³/mol. The summed E-state index contributed by atoms with van der Waals surface area (Å²) < 4.78 is 0. The van der Waals surface area contributed by atoms with E-state index in [9.17, 15) is 10.1 Å². The Morgan fingerprint density at radius 2 is 2.00 bits per heavy atom. The molecule has 0 aliphatic rings. The van der Waals surface area contributed by atoms with Gasteiger partial charge in [0.25, 0.3) is 5.69 Å². The van der Waals surface area contributed by atoms with Gasteiger partial charge in [0.2, 0.25) is 0 Å². The molecule has 0 fully saturated rings. The van der Waals surface area contributed by atoms with Gasteiger partial charge in [0.15, 0.2) is 5.65 Å². The minimum absolute atomic E-state index is 0.0756. The summed E-state index contributed by atoms with van der Waals surface area (Å²) in [7, 11) is 0. The molecule has 0 saturated heterocycles. The van der Waals surface area contributed by atoms with Gasteiger partial charge in [-0.2, -0.15) is 0 Å². The number of nitrogens with one attached hydrogen (secondary N) is 1. The average molecular weight is 281 g/mol. The summed E-state index contributed by atoms with van der Waals surface area (Å²) >= 11 is 0. The molecule has 0 atom stereocenters. The molecule has 21 heavy (non-hydrogen) atoms. The van der Waals surface area contributed by atoms with Crippen molar-refractivity contribution < 1.29 is 4.92 Å². The van der Waals surface area contributed by atoms with Crippen molar-refractivity contribution in [1.82, 2.24) is 15.0 Å². The molecule has 2 aromatic heterocycles. The SMILES string of the molecule is O=[N+]([O-])c1cccc(CNc2ccc3nccnc3n2)c1. The maximum atomic E-state index is 10.7. The second-order valence-corrected chi connectivity index (χ2v) is 4.38. The number of fused-ring (bicyclic) bond motifs is 1. The van der Waals surface area contributed by atoms with Gasteiger partial charge >= 0.3 is 0 Å². The van der Waals surface area contributed by atoms with Gasteiger partial charge in [-0.1, -0.05) is 12.1 Å². The summed E-state index contributed by atoms with van der Waals surface area (Å²) in [5.74, 6) is 0.648. The molecule has 0 saturated carbocycles. The van der Waals surface area contributed by atoms with Crippen LogP contribution in [0.2, 0.25) is 0 Å². The number of nitrogens with zero attached hydrogens (tertiary/aromatic N) is 4. The number of pyridine rings is 1. The fourth-order valence-electron chi connectivity index (χ4n) is 1.93. The lowest BCUT2D eigenvalue weighted by atomic mass is 10.2. The number of hydrogen-bond donors (Lipinski definition) is 1. The molecule has 0 spiro atoms. The van der Waals surface area contributed by atoms with Crippen LogP contribution in [-0.2, 0) is 6.54 Å². The third kappa shape index (κ3) is 2.92. The van der Waals surface area contributed by atoms with Gasteiger partial charge in [0, 0.05) is 31.1 Å². The van der Waals surface area contributed by atoms with Crippen molar-refractivity contribution in [3.63, 3.8) is 0 Å². The number of rotatable bonds is 4. The molecule has 3 aromatic rings. The second kappa shape index (κ2) is 5.49. The molecule has 0 amide bonds. The zero-order valence-corrected chi connectivity index (χ0v) is 10.9. The quantitative estimate of drug-likeness (QED) is 0.583. The normalized spacial score (nSPS) is 10.5. The van der Waals surface area contributed by atoms with Crippen LogP contribution in [0.3, 0.4) is 0 Å². The summed E-state index contributed by atoms with van der Waals surface area (Å²) in [6, 6.07) is 10.1. The molecule has 1 N–H and O–H groups in total. The number of hydrogen-bond acceptors (Lipinski definition) is 6. The second-order valence-electron chi connectivity index (χ2n) is 4.38. The lowest BCUT2D eigenvalue weighted by Crippen LogP contribution is -2.02. The Hall–Kier alpha value is -3.09. The topological polar surface area (TPSA) is 93.8 Å². The van der Waals surface area contributed by atoms with Crippen molar-refractivity contribution in [2.75, 3.05) is 5.32 Å². The molecular weight excluding hydrogens is 270 g/mol. The van der Waals surface area contributed by atoms with E-state index in [0.29, 0.717) is 18.0 Å². The zero-order valence-electron chi connectivity index (χ0n) is 10.9. The third-order valence-electron chi connectivity index (χ3n) is 2.93. The van der Waals surface area contributed by atoms with E-state index in [0.717, 1.165) is 11.1 Å². The Morgan fingerprint density at radius 3 is 2.86 bits per heavy atom. The van der Waals surface area contributed by atoms with E-state index in [-0.39, 0.29) is 5.69 Å². The fourth-order valence-corrected chi connectivity index (χ4v) is 1.93. The van der Waals surface area contributed by atoms with Crippen LogP contribution in [0, 0.1) is 10.1 Å². The lowest BCUT2D eigenvalue weighted by molar-refractivity contribution is -0.384. The molecule has 0 unspecified atom stereocenters. The van der Waals surface area contributed by atoms with Gasteiger partial charge in [-0.15, -0.1) is 0 Å². The minimum atomic E-state index is -0.409. The number of anilines is 1. The number of benzene rings is 1. The summed E-state index contributed by atoms with van der Waals surface area (Å²) in [6.07, 6.45) is 3.19. The highest BCUT2D eigenvalue weighted by atomic mass is 16.6. The van der Waals surface area contributed by atoms with E-state index in [4.69, 9.17) is 0 Å². The van der Waals surface area contributed by atoms with E-state index in [1.165, 1.54) is 12.1 Å². The van der Waals surface area contributed by atoms with Crippen molar-refractivity contribution in [3.05, 3.63) is 64.5 Å². The number of aromatic nitrogens is 3. The average Bonchev–Trinajstić information content (AvgIpc) is 2.53. The van der Waals surface area contributed by atoms with E-state index >= 15 is 0 Å². The number of non-ortho nitro benzene ring substituents is 1. The van der Waals surface area contributed by atoms with Gasteiger partial charge in [-0.3, -0.25) is 15.1 Å². The Labute approximate surface area is 119 Å². The van der Waals surface area contributed by atoms with E-state index in [1.807, 2.05) is 12.1 Å². The molecule has 0 bridgehead atoms. The fraction of sp³-hybridized carbons (Fsp3) is 0.0714. The standard InChI is InChI=1S/C14H11N5O2/c20-19(21)11-3-1-2-10(8-11)9-17-13-5-4-12-14(18-13)16-7-6-15-12/h1-8H,9H2,(H,16,17,18). The van der Waals surface area contributed by atoms with Gasteiger partial charge in [0.1, 0.15) is 11.3 Å². The van der Waals surface area contributed by atoms with Crippen molar-refractivity contribution in [2.45, 2.75) is 6.54 Å². The first kappa shape index (κ1) is 12.9. The van der Waals surface area contributed by atoms with E-state index < -0.39 is 4.92 Å². The van der Waals surface area contributed by atoms with E-state index in [2.05, 4.69) is 20.3 Å². The van der Waals surface area contributed by atoms with Crippen LogP contribution >= 0.6 is 0 Å². The zero-order chi connectivity index (χ0) is 14.7. The molecule has 1 aromatic carbocycles. The lowest BCUT2D eigenvalue weighted by Gasteiger charge is -2.06. The summed E-state index contributed by atoms with van der Waals surface area (Å²) in [4.78, 5) is 22.9. The molecule has 2 heterocycles. The molecule has 0 aliphatic heterocycles. The third-order valence-corrected chi connectivity index (χ3v) is 2.93. The van der Waals surface area contributed by atoms with Crippen molar-refractivity contribution in [3.8, 4) is 0 Å². The molecule has 0 aliphatic carbocycles. The predicted octanol–water partition coefficient (Wildman–Crippen LogP) is 2.55. The van der Waals surface area contributed by atoms with E-state index in [1.54, 1.807) is 24.5 Å². The first-order valence-electron chi connectivity index (χ1n) is 6.27. The Bertz CT molecular complexity index is 806.